The van der Waals surface area contributed by atoms with Gasteiger partial charge in [-0.15, -0.1) is 0 Å². The highest BCUT2D eigenvalue weighted by atomic mass is 19.1. The minimum atomic E-state index is -0.315. The maximum absolute atomic E-state index is 13.0. The van der Waals surface area contributed by atoms with Gasteiger partial charge < -0.3 is 10.6 Å². The van der Waals surface area contributed by atoms with E-state index >= 15 is 0 Å². The summed E-state index contributed by atoms with van der Waals surface area (Å²) >= 11 is 0. The van der Waals surface area contributed by atoms with Crippen molar-refractivity contribution in [3.63, 3.8) is 0 Å². The molecule has 1 aromatic heterocycles. The van der Waals surface area contributed by atoms with Gasteiger partial charge >= 0.3 is 0 Å². The number of halogens is 1. The fraction of sp³-hybridized carbons (Fsp3) is 0.389. The number of carbonyl (C=O) groups is 2. The summed E-state index contributed by atoms with van der Waals surface area (Å²) in [6.45, 7) is 0. The second-order valence-electron chi connectivity index (χ2n) is 6.31. The first-order valence-electron chi connectivity index (χ1n) is 8.40. The molecular formula is C18H21FN4O2. The SMILES string of the molecule is CNC(=O)C1CCC(NC(=O)c2cc(-c3ccc(F)cc3)n[nH]2)CC1. The van der Waals surface area contributed by atoms with Crippen LogP contribution in [0, 0.1) is 11.7 Å². The lowest BCUT2D eigenvalue weighted by Gasteiger charge is -2.27. The second-order valence-corrected chi connectivity index (χ2v) is 6.31. The summed E-state index contributed by atoms with van der Waals surface area (Å²) in [4.78, 5) is 24.0. The molecule has 1 aromatic carbocycles. The fourth-order valence-corrected chi connectivity index (χ4v) is 3.17. The van der Waals surface area contributed by atoms with Crippen molar-refractivity contribution in [2.45, 2.75) is 31.7 Å². The predicted molar refractivity (Wildman–Crippen MR) is 91.3 cm³/mol. The standard InChI is InChI=1S/C18H21FN4O2/c1-20-17(24)12-4-8-14(9-5-12)21-18(25)16-10-15(22-23-16)11-2-6-13(19)7-3-11/h2-3,6-7,10,12,14H,4-5,8-9H2,1H3,(H,20,24)(H,21,25)(H,22,23). The molecule has 2 amide bonds. The summed E-state index contributed by atoms with van der Waals surface area (Å²) in [6.07, 6.45) is 3.11. The van der Waals surface area contributed by atoms with E-state index in [0.717, 1.165) is 31.2 Å². The molecule has 0 saturated heterocycles. The summed E-state index contributed by atoms with van der Waals surface area (Å²) in [6, 6.07) is 7.66. The Morgan fingerprint density at radius 1 is 1.16 bits per heavy atom. The Labute approximate surface area is 145 Å². The summed E-state index contributed by atoms with van der Waals surface area (Å²) in [7, 11) is 1.65. The smallest absolute Gasteiger partial charge is 0.269 e. The number of carbonyl (C=O) groups excluding carboxylic acids is 2. The number of aromatic amines is 1. The van der Waals surface area contributed by atoms with Gasteiger partial charge in [0.15, 0.2) is 0 Å². The molecule has 0 radical (unpaired) electrons. The summed E-state index contributed by atoms with van der Waals surface area (Å²) in [5, 5.41) is 12.5. The van der Waals surface area contributed by atoms with E-state index in [4.69, 9.17) is 0 Å². The third kappa shape index (κ3) is 4.04. The number of amides is 2. The first kappa shape index (κ1) is 17.1. The van der Waals surface area contributed by atoms with Crippen LogP contribution in [-0.4, -0.2) is 35.1 Å². The van der Waals surface area contributed by atoms with Crippen molar-refractivity contribution in [2.24, 2.45) is 5.92 Å². The number of H-pyrrole nitrogens is 1. The van der Waals surface area contributed by atoms with Crippen LogP contribution < -0.4 is 10.6 Å². The van der Waals surface area contributed by atoms with Crippen LogP contribution in [0.2, 0.25) is 0 Å². The molecule has 2 aromatic rings. The number of hydrogen-bond donors (Lipinski definition) is 3. The van der Waals surface area contributed by atoms with E-state index in [1.807, 2.05) is 0 Å². The molecule has 0 aliphatic heterocycles. The van der Waals surface area contributed by atoms with Gasteiger partial charge in [0.25, 0.3) is 5.91 Å². The Bertz CT molecular complexity index is 749. The normalized spacial score (nSPS) is 20.1. The molecule has 0 atom stereocenters. The average Bonchev–Trinajstić information content (AvgIpc) is 3.12. The van der Waals surface area contributed by atoms with Crippen LogP contribution in [0.1, 0.15) is 36.2 Å². The van der Waals surface area contributed by atoms with E-state index in [9.17, 15) is 14.0 Å². The van der Waals surface area contributed by atoms with E-state index in [1.165, 1.54) is 12.1 Å². The zero-order valence-electron chi connectivity index (χ0n) is 14.0. The van der Waals surface area contributed by atoms with Gasteiger partial charge in [0.1, 0.15) is 11.5 Å². The van der Waals surface area contributed by atoms with E-state index < -0.39 is 0 Å². The lowest BCUT2D eigenvalue weighted by molar-refractivity contribution is -0.125. The number of rotatable bonds is 4. The highest BCUT2D eigenvalue weighted by Crippen LogP contribution is 2.25. The number of aromatic nitrogens is 2. The molecular weight excluding hydrogens is 323 g/mol. The zero-order chi connectivity index (χ0) is 17.8. The minimum Gasteiger partial charge on any atom is -0.359 e. The van der Waals surface area contributed by atoms with Crippen molar-refractivity contribution in [1.29, 1.82) is 0 Å². The monoisotopic (exact) mass is 344 g/mol. The van der Waals surface area contributed by atoms with Crippen LogP contribution in [0.5, 0.6) is 0 Å². The highest BCUT2D eigenvalue weighted by molar-refractivity contribution is 5.93. The molecule has 0 spiro atoms. The van der Waals surface area contributed by atoms with Gasteiger partial charge in [-0.2, -0.15) is 5.10 Å². The molecule has 132 valence electrons. The Morgan fingerprint density at radius 2 is 1.84 bits per heavy atom. The van der Waals surface area contributed by atoms with E-state index in [1.54, 1.807) is 25.2 Å². The molecule has 0 unspecified atom stereocenters. The summed E-state index contributed by atoms with van der Waals surface area (Å²) in [5.41, 5.74) is 1.70. The largest absolute Gasteiger partial charge is 0.359 e. The van der Waals surface area contributed by atoms with Crippen LogP contribution in [-0.2, 0) is 4.79 Å². The van der Waals surface area contributed by atoms with E-state index in [-0.39, 0.29) is 29.6 Å². The third-order valence-electron chi connectivity index (χ3n) is 4.64. The first-order chi connectivity index (χ1) is 12.1. The van der Waals surface area contributed by atoms with Crippen LogP contribution in [0.25, 0.3) is 11.3 Å². The molecule has 1 aliphatic carbocycles. The second kappa shape index (κ2) is 7.46. The van der Waals surface area contributed by atoms with Gasteiger partial charge in [-0.3, -0.25) is 14.7 Å². The van der Waals surface area contributed by atoms with Gasteiger partial charge in [0, 0.05) is 24.6 Å². The molecule has 1 aliphatic rings. The van der Waals surface area contributed by atoms with Gasteiger partial charge in [-0.05, 0) is 56.0 Å². The van der Waals surface area contributed by atoms with Gasteiger partial charge in [-0.25, -0.2) is 4.39 Å². The summed E-state index contributed by atoms with van der Waals surface area (Å²) in [5.74, 6) is -0.425. The topological polar surface area (TPSA) is 86.9 Å². The lowest BCUT2D eigenvalue weighted by atomic mass is 9.85. The molecule has 25 heavy (non-hydrogen) atoms. The van der Waals surface area contributed by atoms with Gasteiger partial charge in [-0.1, -0.05) is 0 Å². The summed E-state index contributed by atoms with van der Waals surface area (Å²) < 4.78 is 13.0. The molecule has 3 N–H and O–H groups in total. The highest BCUT2D eigenvalue weighted by Gasteiger charge is 2.27. The Balaban J connectivity index is 1.57. The van der Waals surface area contributed by atoms with Gasteiger partial charge in [0.05, 0.1) is 5.69 Å². The van der Waals surface area contributed by atoms with Crippen molar-refractivity contribution in [3.05, 3.63) is 41.8 Å². The van der Waals surface area contributed by atoms with E-state index in [2.05, 4.69) is 20.8 Å². The average molecular weight is 344 g/mol. The molecule has 1 fully saturated rings. The molecule has 1 heterocycles. The number of nitrogens with zero attached hydrogens (tertiary/aromatic N) is 1. The Morgan fingerprint density at radius 3 is 2.48 bits per heavy atom. The number of nitrogens with one attached hydrogen (secondary N) is 3. The minimum absolute atomic E-state index is 0.0374. The molecule has 0 bridgehead atoms. The number of benzene rings is 1. The van der Waals surface area contributed by atoms with Crippen molar-refractivity contribution < 1.29 is 14.0 Å². The predicted octanol–water partition coefficient (Wildman–Crippen LogP) is 2.25. The van der Waals surface area contributed by atoms with Crippen LogP contribution in [0.15, 0.2) is 30.3 Å². The first-order valence-corrected chi connectivity index (χ1v) is 8.40. The quantitative estimate of drug-likeness (QED) is 0.795. The maximum atomic E-state index is 13.0. The van der Waals surface area contributed by atoms with Crippen molar-refractivity contribution in [2.75, 3.05) is 7.05 Å². The van der Waals surface area contributed by atoms with E-state index in [0.29, 0.717) is 11.4 Å². The molecule has 6 nitrogen and oxygen atoms in total. The fourth-order valence-electron chi connectivity index (χ4n) is 3.17. The van der Waals surface area contributed by atoms with Crippen LogP contribution in [0.4, 0.5) is 4.39 Å². The maximum Gasteiger partial charge on any atom is 0.269 e. The molecule has 1 saturated carbocycles. The zero-order valence-corrected chi connectivity index (χ0v) is 14.0. The van der Waals surface area contributed by atoms with Crippen LogP contribution >= 0.6 is 0 Å². The third-order valence-corrected chi connectivity index (χ3v) is 4.64. The van der Waals surface area contributed by atoms with Crippen molar-refractivity contribution in [3.8, 4) is 11.3 Å². The Hall–Kier alpha value is -2.70. The lowest BCUT2D eigenvalue weighted by Crippen LogP contribution is -2.40. The van der Waals surface area contributed by atoms with Crippen molar-refractivity contribution >= 4 is 11.8 Å². The Kier molecular flexibility index (Phi) is 5.11. The van der Waals surface area contributed by atoms with Crippen molar-refractivity contribution in [1.82, 2.24) is 20.8 Å². The van der Waals surface area contributed by atoms with Gasteiger partial charge in [0.2, 0.25) is 5.91 Å². The number of hydrogen-bond acceptors (Lipinski definition) is 3. The molecule has 3 rings (SSSR count). The molecule has 7 heteroatoms. The van der Waals surface area contributed by atoms with Crippen LogP contribution in [0.3, 0.4) is 0 Å².